The summed E-state index contributed by atoms with van der Waals surface area (Å²) < 4.78 is 43.7. The number of hydrogen-bond donors (Lipinski definition) is 1. The van der Waals surface area contributed by atoms with E-state index < -0.39 is 11.7 Å². The summed E-state index contributed by atoms with van der Waals surface area (Å²) in [4.78, 5) is 8.12. The zero-order valence-corrected chi connectivity index (χ0v) is 17.5. The van der Waals surface area contributed by atoms with Gasteiger partial charge in [0.25, 0.3) is 0 Å². The average molecular weight is 460 g/mol. The number of halogens is 5. The summed E-state index contributed by atoms with van der Waals surface area (Å²) in [7, 11) is 0.440. The first-order valence-electron chi connectivity index (χ1n) is 8.33. The van der Waals surface area contributed by atoms with Gasteiger partial charge in [0.1, 0.15) is 28.7 Å². The molecule has 0 spiro atoms. The Hall–Kier alpha value is -2.08. The molecule has 0 aliphatic heterocycles. The van der Waals surface area contributed by atoms with Crippen LogP contribution in [-0.4, -0.2) is 16.3 Å². The molecule has 0 radical (unpaired) electrons. The van der Waals surface area contributed by atoms with Gasteiger partial charge in [-0.2, -0.15) is 13.2 Å². The summed E-state index contributed by atoms with van der Waals surface area (Å²) in [6, 6.07) is 10.2. The van der Waals surface area contributed by atoms with Crippen molar-refractivity contribution in [1.29, 1.82) is 0 Å². The number of nitrogens with one attached hydrogen (secondary N) is 1. The zero-order chi connectivity index (χ0) is 21.0. The Bertz CT molecular complexity index is 1000. The molecule has 0 saturated carbocycles. The topological polar surface area (TPSA) is 47.0 Å². The zero-order valence-electron chi connectivity index (χ0n) is 15.0. The molecule has 1 unspecified atom stereocenters. The maximum absolute atomic E-state index is 12.7. The van der Waals surface area contributed by atoms with Crippen LogP contribution in [0.3, 0.4) is 0 Å². The lowest BCUT2D eigenvalue weighted by Gasteiger charge is -2.12. The van der Waals surface area contributed by atoms with Crippen LogP contribution in [0.2, 0.25) is 10.0 Å². The van der Waals surface area contributed by atoms with Crippen LogP contribution in [0.15, 0.2) is 48.8 Å². The number of aryl methyl sites for hydroxylation is 1. The summed E-state index contributed by atoms with van der Waals surface area (Å²) in [5, 5.41) is 4.62. The van der Waals surface area contributed by atoms with E-state index in [9.17, 15) is 13.2 Å². The van der Waals surface area contributed by atoms with Crippen molar-refractivity contribution in [3.05, 3.63) is 70.1 Å². The van der Waals surface area contributed by atoms with Crippen molar-refractivity contribution in [2.45, 2.75) is 13.1 Å². The van der Waals surface area contributed by atoms with Crippen LogP contribution in [0, 0.1) is 6.92 Å². The van der Waals surface area contributed by atoms with Gasteiger partial charge in [-0.1, -0.05) is 43.9 Å². The third-order valence-corrected chi connectivity index (χ3v) is 5.70. The lowest BCUT2D eigenvalue weighted by atomic mass is 10.2. The molecule has 4 nitrogen and oxygen atoms in total. The monoisotopic (exact) mass is 459 g/mol. The maximum Gasteiger partial charge on any atom is 0.416 e. The van der Waals surface area contributed by atoms with E-state index in [0.717, 1.165) is 17.4 Å². The molecule has 1 N–H and O–H groups in total. The molecule has 1 atom stereocenters. The number of ether oxygens (including phenoxy) is 1. The fourth-order valence-electron chi connectivity index (χ4n) is 2.34. The Kier molecular flexibility index (Phi) is 6.83. The highest BCUT2D eigenvalue weighted by Gasteiger charge is 2.31. The number of rotatable bonds is 6. The lowest BCUT2D eigenvalue weighted by molar-refractivity contribution is -0.137. The summed E-state index contributed by atoms with van der Waals surface area (Å²) in [6.07, 6.45) is -2.36. The molecule has 0 aliphatic carbocycles. The highest BCUT2D eigenvalue weighted by atomic mass is 35.5. The SMILES string of the molecule is Cc1ncnc(NCPc2ccc(Oc3ccc(C(F)(F)F)cc3Cl)cc2)c1Cl. The van der Waals surface area contributed by atoms with E-state index in [1.165, 1.54) is 12.4 Å². The van der Waals surface area contributed by atoms with Crippen LogP contribution in [0.1, 0.15) is 11.3 Å². The lowest BCUT2D eigenvalue weighted by Crippen LogP contribution is -2.05. The third kappa shape index (κ3) is 5.72. The van der Waals surface area contributed by atoms with Gasteiger partial charge in [-0.25, -0.2) is 9.97 Å². The third-order valence-electron chi connectivity index (χ3n) is 3.85. The first-order valence-corrected chi connectivity index (χ1v) is 10.3. The minimum absolute atomic E-state index is 0.105. The number of benzene rings is 2. The molecule has 29 heavy (non-hydrogen) atoms. The average Bonchev–Trinajstić information content (AvgIpc) is 2.67. The molecule has 0 aliphatic rings. The van der Waals surface area contributed by atoms with Crippen molar-refractivity contribution < 1.29 is 17.9 Å². The van der Waals surface area contributed by atoms with E-state index in [-0.39, 0.29) is 10.8 Å². The number of hydrogen-bond acceptors (Lipinski definition) is 4. The number of aromatic nitrogens is 2. The van der Waals surface area contributed by atoms with Gasteiger partial charge in [-0.05, 0) is 42.6 Å². The molecular formula is C19H15Cl2F3N3OP. The van der Waals surface area contributed by atoms with Crippen LogP contribution < -0.4 is 15.4 Å². The van der Waals surface area contributed by atoms with E-state index in [0.29, 0.717) is 37.2 Å². The minimum Gasteiger partial charge on any atom is -0.456 e. The molecule has 3 rings (SSSR count). The van der Waals surface area contributed by atoms with Gasteiger partial charge in [0.2, 0.25) is 0 Å². The maximum atomic E-state index is 12.7. The van der Waals surface area contributed by atoms with Gasteiger partial charge >= 0.3 is 6.18 Å². The number of alkyl halides is 3. The summed E-state index contributed by atoms with van der Waals surface area (Å²) >= 11 is 12.1. The van der Waals surface area contributed by atoms with Gasteiger partial charge in [-0.3, -0.25) is 0 Å². The number of nitrogens with zero attached hydrogens (tertiary/aromatic N) is 2. The fourth-order valence-corrected chi connectivity index (χ4v) is 3.58. The van der Waals surface area contributed by atoms with Gasteiger partial charge in [0, 0.05) is 6.29 Å². The van der Waals surface area contributed by atoms with E-state index in [4.69, 9.17) is 27.9 Å². The molecule has 0 saturated heterocycles. The fraction of sp³-hybridized carbons (Fsp3) is 0.158. The first kappa shape index (κ1) is 21.6. The van der Waals surface area contributed by atoms with Crippen molar-refractivity contribution in [2.24, 2.45) is 0 Å². The Balaban J connectivity index is 1.58. The van der Waals surface area contributed by atoms with E-state index >= 15 is 0 Å². The van der Waals surface area contributed by atoms with Crippen molar-refractivity contribution in [3.63, 3.8) is 0 Å². The molecule has 1 aromatic heterocycles. The van der Waals surface area contributed by atoms with Crippen molar-refractivity contribution in [3.8, 4) is 11.5 Å². The highest BCUT2D eigenvalue weighted by Crippen LogP contribution is 2.36. The van der Waals surface area contributed by atoms with E-state index in [1.807, 2.05) is 12.1 Å². The molecule has 152 valence electrons. The van der Waals surface area contributed by atoms with Crippen LogP contribution in [0.25, 0.3) is 0 Å². The van der Waals surface area contributed by atoms with Crippen molar-refractivity contribution in [2.75, 3.05) is 11.6 Å². The number of anilines is 1. The Morgan fingerprint density at radius 3 is 2.45 bits per heavy atom. The largest absolute Gasteiger partial charge is 0.456 e. The normalized spacial score (nSPS) is 11.8. The quantitative estimate of drug-likeness (QED) is 0.440. The van der Waals surface area contributed by atoms with Gasteiger partial charge in [-0.15, -0.1) is 0 Å². The highest BCUT2D eigenvalue weighted by molar-refractivity contribution is 7.47. The van der Waals surface area contributed by atoms with E-state index in [2.05, 4.69) is 15.3 Å². The Morgan fingerprint density at radius 2 is 1.79 bits per heavy atom. The van der Waals surface area contributed by atoms with Crippen LogP contribution in [0.4, 0.5) is 19.0 Å². The molecule has 1 heterocycles. The molecule has 0 fully saturated rings. The van der Waals surface area contributed by atoms with Crippen LogP contribution in [-0.2, 0) is 6.18 Å². The molecule has 2 aromatic carbocycles. The second-order valence-electron chi connectivity index (χ2n) is 5.92. The molecule has 10 heteroatoms. The predicted octanol–water partition coefficient (Wildman–Crippen LogP) is 6.28. The minimum atomic E-state index is -4.45. The van der Waals surface area contributed by atoms with Crippen LogP contribution >= 0.6 is 31.8 Å². The second-order valence-corrected chi connectivity index (χ2v) is 7.99. The molecule has 0 amide bonds. The predicted molar refractivity (Wildman–Crippen MR) is 111 cm³/mol. The Labute approximate surface area is 177 Å². The molecular weight excluding hydrogens is 445 g/mol. The van der Waals surface area contributed by atoms with Crippen molar-refractivity contribution in [1.82, 2.24) is 9.97 Å². The smallest absolute Gasteiger partial charge is 0.416 e. The molecule has 3 aromatic rings. The van der Waals surface area contributed by atoms with Gasteiger partial charge in [0.15, 0.2) is 0 Å². The molecule has 0 bridgehead atoms. The Morgan fingerprint density at radius 1 is 1.07 bits per heavy atom. The standard InChI is InChI=1S/C19H15Cl2F3N3OP/c1-11-17(21)18(26-9-25-11)27-10-29-14-5-3-13(4-6-14)28-16-7-2-12(8-15(16)20)19(22,23)24/h2-9,29H,10H2,1H3,(H,25,26,27). The van der Waals surface area contributed by atoms with Gasteiger partial charge in [0.05, 0.1) is 16.3 Å². The summed E-state index contributed by atoms with van der Waals surface area (Å²) in [5.74, 6) is 1.22. The van der Waals surface area contributed by atoms with Crippen LogP contribution in [0.5, 0.6) is 11.5 Å². The first-order chi connectivity index (χ1) is 13.7. The van der Waals surface area contributed by atoms with Gasteiger partial charge < -0.3 is 10.1 Å². The van der Waals surface area contributed by atoms with Crippen molar-refractivity contribution >= 4 is 42.9 Å². The summed E-state index contributed by atoms with van der Waals surface area (Å²) in [5.41, 5.74) is -0.117. The van der Waals surface area contributed by atoms with E-state index in [1.54, 1.807) is 19.1 Å². The second kappa shape index (κ2) is 9.16. The summed E-state index contributed by atoms with van der Waals surface area (Å²) in [6.45, 7) is 1.80.